The molecule has 1 saturated carbocycles. The summed E-state index contributed by atoms with van der Waals surface area (Å²) in [6, 6.07) is 1.85. The number of amides is 1. The highest BCUT2D eigenvalue weighted by atomic mass is 32.1. The highest BCUT2D eigenvalue weighted by molar-refractivity contribution is 7.12. The van der Waals surface area contributed by atoms with Gasteiger partial charge >= 0.3 is 0 Å². The van der Waals surface area contributed by atoms with Gasteiger partial charge in [-0.1, -0.05) is 0 Å². The number of nitrogens with zero attached hydrogens (tertiary/aromatic N) is 4. The van der Waals surface area contributed by atoms with Gasteiger partial charge in [-0.3, -0.25) is 9.89 Å². The van der Waals surface area contributed by atoms with Gasteiger partial charge in [-0.05, 0) is 19.8 Å². The van der Waals surface area contributed by atoms with Crippen LogP contribution in [-0.4, -0.2) is 30.9 Å². The maximum atomic E-state index is 12.7. The van der Waals surface area contributed by atoms with Gasteiger partial charge < -0.3 is 5.32 Å². The smallest absolute Gasteiger partial charge is 0.281 e. The van der Waals surface area contributed by atoms with Crippen LogP contribution in [0.1, 0.15) is 55.0 Å². The number of aromatic amines is 1. The van der Waals surface area contributed by atoms with Gasteiger partial charge in [-0.15, -0.1) is 11.3 Å². The Labute approximate surface area is 151 Å². The number of hydrogen-bond donors (Lipinski definition) is 2. The summed E-state index contributed by atoms with van der Waals surface area (Å²) in [5, 5.41) is 15.6. The number of thiazole rings is 1. The third-order valence-corrected chi connectivity index (χ3v) is 5.12. The number of anilines is 1. The molecule has 10 heteroatoms. The number of aromatic nitrogens is 5. The first-order valence-electron chi connectivity index (χ1n) is 8.16. The highest BCUT2D eigenvalue weighted by Crippen LogP contribution is 2.39. The van der Waals surface area contributed by atoms with Gasteiger partial charge in [-0.25, -0.2) is 18.4 Å². The molecule has 1 amide bonds. The lowest BCUT2D eigenvalue weighted by Crippen LogP contribution is -2.18. The zero-order valence-corrected chi connectivity index (χ0v) is 14.6. The standard InChI is InChI=1S/C16H16F2N6OS/c1-8(15(25)21-13-4-11(22-23-13)9-2-3-9)10-5-19-24(6-10)16-20-12(7-26-16)14(17)18/h4-9,14H,2-3H2,1H3,(H2,21,22,23,25). The molecule has 0 aromatic carbocycles. The minimum absolute atomic E-state index is 0.206. The molecule has 4 rings (SSSR count). The van der Waals surface area contributed by atoms with Crippen LogP contribution < -0.4 is 5.32 Å². The molecule has 0 radical (unpaired) electrons. The van der Waals surface area contributed by atoms with Crippen LogP contribution in [0.15, 0.2) is 23.8 Å². The second-order valence-corrected chi connectivity index (χ2v) is 7.10. The van der Waals surface area contributed by atoms with Crippen LogP contribution in [0.5, 0.6) is 0 Å². The molecule has 3 aromatic rings. The summed E-state index contributed by atoms with van der Waals surface area (Å²) in [6.45, 7) is 1.75. The summed E-state index contributed by atoms with van der Waals surface area (Å²) in [5.74, 6) is 0.399. The predicted molar refractivity (Wildman–Crippen MR) is 91.8 cm³/mol. The van der Waals surface area contributed by atoms with Crippen molar-refractivity contribution in [2.45, 2.75) is 38.0 Å². The predicted octanol–water partition coefficient (Wildman–Crippen LogP) is 3.61. The van der Waals surface area contributed by atoms with E-state index in [1.54, 1.807) is 13.1 Å². The average molecular weight is 378 g/mol. The van der Waals surface area contributed by atoms with E-state index in [0.29, 0.717) is 22.4 Å². The summed E-state index contributed by atoms with van der Waals surface area (Å²) in [5.41, 5.74) is 1.36. The summed E-state index contributed by atoms with van der Waals surface area (Å²) < 4.78 is 26.7. The zero-order valence-electron chi connectivity index (χ0n) is 13.8. The second-order valence-electron chi connectivity index (χ2n) is 6.27. The van der Waals surface area contributed by atoms with E-state index in [1.807, 2.05) is 6.07 Å². The first-order valence-corrected chi connectivity index (χ1v) is 9.04. The highest BCUT2D eigenvalue weighted by Gasteiger charge is 2.27. The lowest BCUT2D eigenvalue weighted by molar-refractivity contribution is -0.117. The van der Waals surface area contributed by atoms with Crippen LogP contribution >= 0.6 is 11.3 Å². The largest absolute Gasteiger partial charge is 0.311 e. The molecule has 136 valence electrons. The Morgan fingerprint density at radius 2 is 2.27 bits per heavy atom. The third-order valence-electron chi connectivity index (χ3n) is 4.28. The summed E-state index contributed by atoms with van der Waals surface area (Å²) in [4.78, 5) is 16.3. The van der Waals surface area contributed by atoms with Crippen LogP contribution in [0.2, 0.25) is 0 Å². The fourth-order valence-electron chi connectivity index (χ4n) is 2.53. The fraction of sp³-hybridized carbons (Fsp3) is 0.375. The minimum Gasteiger partial charge on any atom is -0.311 e. The Morgan fingerprint density at radius 1 is 1.46 bits per heavy atom. The summed E-state index contributed by atoms with van der Waals surface area (Å²) >= 11 is 1.07. The Bertz CT molecular complexity index is 929. The first kappa shape index (κ1) is 16.8. The van der Waals surface area contributed by atoms with Crippen molar-refractivity contribution < 1.29 is 13.6 Å². The van der Waals surface area contributed by atoms with Gasteiger partial charge in [0.2, 0.25) is 11.0 Å². The number of carbonyl (C=O) groups is 1. The molecule has 7 nitrogen and oxygen atoms in total. The number of hydrogen-bond acceptors (Lipinski definition) is 5. The lowest BCUT2D eigenvalue weighted by atomic mass is 10.0. The molecule has 26 heavy (non-hydrogen) atoms. The zero-order chi connectivity index (χ0) is 18.3. The van der Waals surface area contributed by atoms with Crippen LogP contribution in [0.25, 0.3) is 5.13 Å². The van der Waals surface area contributed by atoms with E-state index in [2.05, 4.69) is 25.6 Å². The summed E-state index contributed by atoms with van der Waals surface area (Å²) in [6.07, 6.45) is 2.82. The van der Waals surface area contributed by atoms with E-state index >= 15 is 0 Å². The van der Waals surface area contributed by atoms with Gasteiger partial charge in [0.05, 0.1) is 17.8 Å². The van der Waals surface area contributed by atoms with Crippen LogP contribution in [0.4, 0.5) is 14.6 Å². The first-order chi connectivity index (χ1) is 12.5. The minimum atomic E-state index is -2.62. The van der Waals surface area contributed by atoms with E-state index in [0.717, 1.165) is 29.9 Å². The van der Waals surface area contributed by atoms with E-state index in [1.165, 1.54) is 16.3 Å². The number of rotatable bonds is 6. The molecule has 0 aliphatic heterocycles. The monoisotopic (exact) mass is 378 g/mol. The normalized spacial score (nSPS) is 15.4. The second kappa shape index (κ2) is 6.60. The maximum absolute atomic E-state index is 12.7. The topological polar surface area (TPSA) is 88.5 Å². The van der Waals surface area contributed by atoms with Crippen molar-refractivity contribution in [3.05, 3.63) is 40.8 Å². The molecule has 3 heterocycles. The Balaban J connectivity index is 1.44. The van der Waals surface area contributed by atoms with Gasteiger partial charge in [0.1, 0.15) is 11.5 Å². The van der Waals surface area contributed by atoms with Gasteiger partial charge in [-0.2, -0.15) is 10.2 Å². The van der Waals surface area contributed by atoms with Crippen molar-refractivity contribution in [3.8, 4) is 5.13 Å². The van der Waals surface area contributed by atoms with Gasteiger partial charge in [0.25, 0.3) is 6.43 Å². The van der Waals surface area contributed by atoms with Crippen molar-refractivity contribution in [1.82, 2.24) is 25.0 Å². The Hall–Kier alpha value is -2.62. The van der Waals surface area contributed by atoms with Crippen molar-refractivity contribution in [3.63, 3.8) is 0 Å². The van der Waals surface area contributed by atoms with Crippen molar-refractivity contribution in [1.29, 1.82) is 0 Å². The third kappa shape index (κ3) is 3.36. The lowest BCUT2D eigenvalue weighted by Gasteiger charge is -2.08. The van der Waals surface area contributed by atoms with Gasteiger partial charge in [0, 0.05) is 29.1 Å². The Kier molecular flexibility index (Phi) is 4.27. The molecule has 3 aromatic heterocycles. The van der Waals surface area contributed by atoms with Gasteiger partial charge in [0.15, 0.2) is 0 Å². The molecule has 0 saturated heterocycles. The van der Waals surface area contributed by atoms with Crippen LogP contribution in [0.3, 0.4) is 0 Å². The molecule has 0 bridgehead atoms. The molecule has 1 atom stereocenters. The fourth-order valence-corrected chi connectivity index (χ4v) is 3.28. The SMILES string of the molecule is CC(C(=O)Nc1cc(C2CC2)n[nH]1)c1cnn(-c2nc(C(F)F)cs2)c1. The quantitative estimate of drug-likeness (QED) is 0.686. The number of H-pyrrole nitrogens is 1. The van der Waals surface area contributed by atoms with Crippen LogP contribution in [0, 0.1) is 0 Å². The molecular formula is C16H16F2N6OS. The number of halogens is 2. The van der Waals surface area contributed by atoms with E-state index < -0.39 is 12.3 Å². The molecule has 1 fully saturated rings. The van der Waals surface area contributed by atoms with Crippen molar-refractivity contribution >= 4 is 23.1 Å². The van der Waals surface area contributed by atoms with E-state index in [4.69, 9.17) is 0 Å². The maximum Gasteiger partial charge on any atom is 0.281 e. The molecule has 1 aliphatic rings. The van der Waals surface area contributed by atoms with E-state index in [-0.39, 0.29) is 11.6 Å². The molecule has 0 spiro atoms. The number of alkyl halides is 2. The van der Waals surface area contributed by atoms with Crippen molar-refractivity contribution in [2.24, 2.45) is 0 Å². The average Bonchev–Trinajstić information content (AvgIpc) is 3.06. The molecular weight excluding hydrogens is 362 g/mol. The number of nitrogens with one attached hydrogen (secondary N) is 2. The number of carbonyl (C=O) groups excluding carboxylic acids is 1. The molecule has 1 unspecified atom stereocenters. The van der Waals surface area contributed by atoms with E-state index in [9.17, 15) is 13.6 Å². The summed E-state index contributed by atoms with van der Waals surface area (Å²) in [7, 11) is 0. The van der Waals surface area contributed by atoms with Crippen LogP contribution in [-0.2, 0) is 4.79 Å². The molecule has 2 N–H and O–H groups in total. The molecule has 1 aliphatic carbocycles. The Morgan fingerprint density at radius 3 is 2.96 bits per heavy atom. The van der Waals surface area contributed by atoms with Crippen molar-refractivity contribution in [2.75, 3.05) is 5.32 Å².